The predicted molar refractivity (Wildman–Crippen MR) is 120 cm³/mol. The minimum atomic E-state index is -5.09. The van der Waals surface area contributed by atoms with Gasteiger partial charge in [-0.3, -0.25) is 9.36 Å². The van der Waals surface area contributed by atoms with Crippen molar-refractivity contribution in [2.75, 3.05) is 20.8 Å². The van der Waals surface area contributed by atoms with E-state index in [9.17, 15) is 31.1 Å². The number of para-hydroxylation sites is 1. The Morgan fingerprint density at radius 1 is 1.03 bits per heavy atom. The van der Waals surface area contributed by atoms with Crippen LogP contribution in [0.1, 0.15) is 48.3 Å². The maximum absolute atomic E-state index is 14.0. The SMILES string of the molecule is CCOC(=O)C[C@H]1O[C@H](c2cccc(OC)c2OC)c2cc(OC(F)(F)F)ccc2-n2c1nnc2C(F)(F)F. The van der Waals surface area contributed by atoms with E-state index in [-0.39, 0.29) is 34.9 Å². The van der Waals surface area contributed by atoms with Gasteiger partial charge >= 0.3 is 18.5 Å². The van der Waals surface area contributed by atoms with Crippen LogP contribution in [-0.4, -0.2) is 47.9 Å². The quantitative estimate of drug-likeness (QED) is 0.283. The van der Waals surface area contributed by atoms with E-state index < -0.39 is 54.5 Å². The van der Waals surface area contributed by atoms with Crippen LogP contribution in [0, 0.1) is 0 Å². The number of aromatic nitrogens is 3. The lowest BCUT2D eigenvalue weighted by atomic mass is 9.97. The normalized spacial score (nSPS) is 17.1. The van der Waals surface area contributed by atoms with Gasteiger partial charge in [-0.25, -0.2) is 0 Å². The molecule has 9 nitrogen and oxygen atoms in total. The number of ether oxygens (including phenoxy) is 5. The van der Waals surface area contributed by atoms with Crippen LogP contribution in [0.15, 0.2) is 36.4 Å². The van der Waals surface area contributed by atoms with Crippen LogP contribution in [0.25, 0.3) is 5.69 Å². The molecule has 1 aliphatic heterocycles. The fraction of sp³-hybridized carbons (Fsp3) is 0.375. The standard InChI is InChI=1S/C24H21F6N3O6/c1-4-37-18(34)11-17-21-31-32-22(23(25,26)27)33(21)15-9-8-12(39-24(28,29)30)10-14(15)19(38-17)13-6-5-7-16(35-2)20(13)36-3/h5-10,17,19H,4,11H2,1-3H3/t17-,19-/m1/s1. The van der Waals surface area contributed by atoms with Crippen LogP contribution < -0.4 is 14.2 Å². The number of carbonyl (C=O) groups is 1. The zero-order chi connectivity index (χ0) is 28.5. The molecule has 0 fully saturated rings. The van der Waals surface area contributed by atoms with E-state index in [1.807, 2.05) is 0 Å². The maximum Gasteiger partial charge on any atom is 0.573 e. The summed E-state index contributed by atoms with van der Waals surface area (Å²) in [6.45, 7) is 1.52. The van der Waals surface area contributed by atoms with E-state index in [2.05, 4.69) is 14.9 Å². The molecule has 0 saturated heterocycles. The number of alkyl halides is 6. The van der Waals surface area contributed by atoms with Gasteiger partial charge < -0.3 is 23.7 Å². The van der Waals surface area contributed by atoms with Crippen molar-refractivity contribution in [3.8, 4) is 22.9 Å². The van der Waals surface area contributed by atoms with Crippen molar-refractivity contribution in [2.24, 2.45) is 0 Å². The fourth-order valence-corrected chi connectivity index (χ4v) is 4.24. The largest absolute Gasteiger partial charge is 0.573 e. The first-order valence-electron chi connectivity index (χ1n) is 11.3. The molecule has 2 aromatic carbocycles. The highest BCUT2D eigenvalue weighted by atomic mass is 19.4. The lowest BCUT2D eigenvalue weighted by Crippen LogP contribution is -2.18. The van der Waals surface area contributed by atoms with Gasteiger partial charge in [-0.2, -0.15) is 13.2 Å². The number of halogens is 6. The summed E-state index contributed by atoms with van der Waals surface area (Å²) >= 11 is 0. The molecule has 0 amide bonds. The van der Waals surface area contributed by atoms with Crippen LogP contribution in [0.3, 0.4) is 0 Å². The molecule has 0 N–H and O–H groups in total. The Labute approximate surface area is 217 Å². The first kappa shape index (κ1) is 28.0. The number of rotatable bonds is 7. The van der Waals surface area contributed by atoms with Crippen molar-refractivity contribution in [3.63, 3.8) is 0 Å². The van der Waals surface area contributed by atoms with Gasteiger partial charge in [0.1, 0.15) is 18.0 Å². The minimum absolute atomic E-state index is 0.0163. The lowest BCUT2D eigenvalue weighted by Gasteiger charge is -2.25. The monoisotopic (exact) mass is 561 g/mol. The average Bonchev–Trinajstić information content (AvgIpc) is 3.26. The molecule has 210 valence electrons. The molecule has 39 heavy (non-hydrogen) atoms. The molecular weight excluding hydrogens is 540 g/mol. The summed E-state index contributed by atoms with van der Waals surface area (Å²) in [5, 5.41) is 6.91. The summed E-state index contributed by atoms with van der Waals surface area (Å²) < 4.78 is 108. The molecule has 15 heteroatoms. The van der Waals surface area contributed by atoms with Gasteiger partial charge in [0.05, 0.1) is 32.9 Å². The van der Waals surface area contributed by atoms with Gasteiger partial charge in [0.15, 0.2) is 17.3 Å². The third kappa shape index (κ3) is 5.72. The van der Waals surface area contributed by atoms with E-state index in [4.69, 9.17) is 18.9 Å². The Bertz CT molecular complexity index is 1360. The van der Waals surface area contributed by atoms with Gasteiger partial charge in [0.25, 0.3) is 0 Å². The van der Waals surface area contributed by atoms with Gasteiger partial charge in [-0.05, 0) is 31.2 Å². The molecule has 1 aliphatic rings. The molecule has 0 spiro atoms. The molecule has 2 atom stereocenters. The molecule has 0 unspecified atom stereocenters. The van der Waals surface area contributed by atoms with Crippen molar-refractivity contribution < 1.29 is 54.8 Å². The number of esters is 1. The maximum atomic E-state index is 14.0. The number of benzene rings is 2. The molecule has 4 rings (SSSR count). The minimum Gasteiger partial charge on any atom is -0.493 e. The molecule has 3 aromatic rings. The summed E-state index contributed by atoms with van der Waals surface area (Å²) in [6, 6.07) is 7.29. The average molecular weight is 561 g/mol. The second kappa shape index (κ2) is 10.6. The van der Waals surface area contributed by atoms with Crippen LogP contribution in [0.4, 0.5) is 26.3 Å². The zero-order valence-corrected chi connectivity index (χ0v) is 20.6. The first-order chi connectivity index (χ1) is 18.4. The van der Waals surface area contributed by atoms with Crippen LogP contribution in [-0.2, 0) is 20.4 Å². The smallest absolute Gasteiger partial charge is 0.493 e. The number of hydrogen-bond acceptors (Lipinski definition) is 8. The Hall–Kier alpha value is -4.01. The molecule has 2 heterocycles. The molecule has 0 radical (unpaired) electrons. The Kier molecular flexibility index (Phi) is 7.63. The Morgan fingerprint density at radius 2 is 1.77 bits per heavy atom. The third-order valence-electron chi connectivity index (χ3n) is 5.66. The third-order valence-corrected chi connectivity index (χ3v) is 5.66. The van der Waals surface area contributed by atoms with Crippen LogP contribution in [0.2, 0.25) is 0 Å². The number of methoxy groups -OCH3 is 2. The molecule has 1 aromatic heterocycles. The predicted octanol–water partition coefficient (Wildman–Crippen LogP) is 5.32. The summed E-state index contributed by atoms with van der Waals surface area (Å²) in [5.74, 6) is -3.10. The number of fused-ring (bicyclic) bond motifs is 3. The van der Waals surface area contributed by atoms with E-state index >= 15 is 0 Å². The Morgan fingerprint density at radius 3 is 2.38 bits per heavy atom. The topological polar surface area (TPSA) is 93.9 Å². The highest BCUT2D eigenvalue weighted by Crippen LogP contribution is 2.48. The number of carbonyl (C=O) groups excluding carboxylic acids is 1. The first-order valence-corrected chi connectivity index (χ1v) is 11.3. The zero-order valence-electron chi connectivity index (χ0n) is 20.6. The van der Waals surface area contributed by atoms with Crippen LogP contribution in [0.5, 0.6) is 17.2 Å². The summed E-state index contributed by atoms with van der Waals surface area (Å²) in [5.41, 5.74) is -0.248. The lowest BCUT2D eigenvalue weighted by molar-refractivity contribution is -0.274. The number of nitrogens with zero attached hydrogens (tertiary/aromatic N) is 3. The van der Waals surface area contributed by atoms with E-state index in [0.717, 1.165) is 18.2 Å². The molecule has 0 saturated carbocycles. The summed E-state index contributed by atoms with van der Waals surface area (Å²) in [7, 11) is 2.65. The van der Waals surface area contributed by atoms with Crippen molar-refractivity contribution in [3.05, 3.63) is 59.2 Å². The van der Waals surface area contributed by atoms with E-state index in [1.54, 1.807) is 0 Å². The highest BCUT2D eigenvalue weighted by molar-refractivity contribution is 5.70. The van der Waals surface area contributed by atoms with Crippen molar-refractivity contribution in [1.29, 1.82) is 0 Å². The second-order valence-corrected chi connectivity index (χ2v) is 8.08. The summed E-state index contributed by atoms with van der Waals surface area (Å²) in [4.78, 5) is 12.4. The van der Waals surface area contributed by atoms with Crippen molar-refractivity contribution in [2.45, 2.75) is 38.1 Å². The van der Waals surface area contributed by atoms with Crippen molar-refractivity contribution in [1.82, 2.24) is 14.8 Å². The number of hydrogen-bond donors (Lipinski definition) is 0. The van der Waals surface area contributed by atoms with E-state index in [1.165, 1.54) is 39.3 Å². The van der Waals surface area contributed by atoms with Crippen LogP contribution >= 0.6 is 0 Å². The van der Waals surface area contributed by atoms with Gasteiger partial charge in [0, 0.05) is 11.1 Å². The van der Waals surface area contributed by atoms with Gasteiger partial charge in [-0.1, -0.05) is 12.1 Å². The Balaban J connectivity index is 2.02. The second-order valence-electron chi connectivity index (χ2n) is 8.08. The van der Waals surface area contributed by atoms with Crippen molar-refractivity contribution >= 4 is 5.97 Å². The highest BCUT2D eigenvalue weighted by Gasteiger charge is 2.44. The molecule has 0 aliphatic carbocycles. The van der Waals surface area contributed by atoms with Gasteiger partial charge in [-0.15, -0.1) is 23.4 Å². The van der Waals surface area contributed by atoms with Gasteiger partial charge in [0.2, 0.25) is 5.82 Å². The fourth-order valence-electron chi connectivity index (χ4n) is 4.24. The molecular formula is C24H21F6N3O6. The van der Waals surface area contributed by atoms with E-state index in [0.29, 0.717) is 4.57 Å². The molecule has 0 bridgehead atoms. The summed E-state index contributed by atoms with van der Waals surface area (Å²) in [6.07, 6.45) is -13.5.